The molecule has 8 nitrogen and oxygen atoms in total. The zero-order valence-electron chi connectivity index (χ0n) is 16.9. The number of nitriles is 1. The van der Waals surface area contributed by atoms with Crippen LogP contribution in [0.1, 0.15) is 12.0 Å². The van der Waals surface area contributed by atoms with Crippen LogP contribution in [-0.2, 0) is 14.1 Å². The van der Waals surface area contributed by atoms with Gasteiger partial charge in [-0.15, -0.1) is 0 Å². The van der Waals surface area contributed by atoms with Crippen molar-refractivity contribution < 1.29 is 13.5 Å². The molecule has 0 atom stereocenters. The van der Waals surface area contributed by atoms with Gasteiger partial charge in [0.15, 0.2) is 0 Å². The van der Waals surface area contributed by atoms with Crippen molar-refractivity contribution in [3.05, 3.63) is 56.2 Å². The van der Waals surface area contributed by atoms with Crippen molar-refractivity contribution in [1.82, 2.24) is 14.0 Å². The third-order valence-electron chi connectivity index (χ3n) is 5.21. The summed E-state index contributed by atoms with van der Waals surface area (Å²) < 4.78 is 35.1. The van der Waals surface area contributed by atoms with Gasteiger partial charge in [-0.3, -0.25) is 18.8 Å². The first-order valence-electron chi connectivity index (χ1n) is 9.58. The molecule has 2 aromatic rings. The molecule has 0 amide bonds. The van der Waals surface area contributed by atoms with E-state index in [0.717, 1.165) is 36.3 Å². The lowest BCUT2D eigenvalue weighted by Gasteiger charge is -2.36. The summed E-state index contributed by atoms with van der Waals surface area (Å²) in [6.45, 7) is 3.88. The molecule has 0 N–H and O–H groups in total. The van der Waals surface area contributed by atoms with Crippen LogP contribution in [0.2, 0.25) is 0 Å². The lowest BCUT2D eigenvalue weighted by molar-refractivity contribution is 0.223. The highest BCUT2D eigenvalue weighted by Crippen LogP contribution is 2.20. The van der Waals surface area contributed by atoms with E-state index in [0.29, 0.717) is 25.3 Å². The molecule has 1 aromatic heterocycles. The van der Waals surface area contributed by atoms with Crippen LogP contribution in [0.4, 0.5) is 14.6 Å². The van der Waals surface area contributed by atoms with Crippen LogP contribution < -0.4 is 20.9 Å². The van der Waals surface area contributed by atoms with Gasteiger partial charge < -0.3 is 9.64 Å². The SMILES string of the molecule is Cn1c(N2CCN(CCCOc3cc(F)c(C#N)c(F)c3)CC2)cc(=O)n(C)c1=O. The molecule has 0 saturated carbocycles. The molecule has 1 aliphatic rings. The second kappa shape index (κ2) is 9.09. The molecular formula is C20H23F2N5O3. The Balaban J connectivity index is 1.48. The Kier molecular flexibility index (Phi) is 6.52. The Bertz CT molecular complexity index is 1060. The molecule has 30 heavy (non-hydrogen) atoms. The summed E-state index contributed by atoms with van der Waals surface area (Å²) in [6.07, 6.45) is 0.660. The van der Waals surface area contributed by atoms with E-state index in [1.54, 1.807) is 7.05 Å². The Morgan fingerprint density at radius 1 is 1.03 bits per heavy atom. The molecule has 1 fully saturated rings. The van der Waals surface area contributed by atoms with E-state index < -0.39 is 17.2 Å². The zero-order valence-corrected chi connectivity index (χ0v) is 16.9. The summed E-state index contributed by atoms with van der Waals surface area (Å²) in [6, 6.07) is 4.97. The number of aromatic nitrogens is 2. The van der Waals surface area contributed by atoms with Crippen LogP contribution in [-0.4, -0.2) is 53.4 Å². The quantitative estimate of drug-likeness (QED) is 0.645. The minimum Gasteiger partial charge on any atom is -0.493 e. The number of halogens is 2. The average Bonchev–Trinajstić information content (AvgIpc) is 2.73. The minimum atomic E-state index is -0.936. The van der Waals surface area contributed by atoms with Crippen LogP contribution in [0.5, 0.6) is 5.75 Å². The fourth-order valence-corrected chi connectivity index (χ4v) is 3.44. The number of hydrogen-bond donors (Lipinski definition) is 0. The van der Waals surface area contributed by atoms with Gasteiger partial charge in [-0.05, 0) is 6.42 Å². The maximum Gasteiger partial charge on any atom is 0.332 e. The molecule has 2 heterocycles. The topological polar surface area (TPSA) is 83.5 Å². The molecule has 10 heteroatoms. The molecule has 1 aliphatic heterocycles. The van der Waals surface area contributed by atoms with Crippen LogP contribution in [0.25, 0.3) is 0 Å². The summed E-state index contributed by atoms with van der Waals surface area (Å²) in [4.78, 5) is 28.3. The number of anilines is 1. The lowest BCUT2D eigenvalue weighted by atomic mass is 10.2. The highest BCUT2D eigenvalue weighted by Gasteiger charge is 2.20. The van der Waals surface area contributed by atoms with Gasteiger partial charge in [-0.25, -0.2) is 13.6 Å². The largest absolute Gasteiger partial charge is 0.493 e. The molecule has 0 aliphatic carbocycles. The molecule has 1 aromatic carbocycles. The summed E-state index contributed by atoms with van der Waals surface area (Å²) in [7, 11) is 3.10. The van der Waals surface area contributed by atoms with E-state index in [9.17, 15) is 18.4 Å². The Labute approximate surface area is 172 Å². The molecular weight excluding hydrogens is 396 g/mol. The first kappa shape index (κ1) is 21.5. The van der Waals surface area contributed by atoms with Crippen molar-refractivity contribution in [3.8, 4) is 11.8 Å². The van der Waals surface area contributed by atoms with E-state index in [1.165, 1.54) is 23.8 Å². The fourth-order valence-electron chi connectivity index (χ4n) is 3.44. The Morgan fingerprint density at radius 3 is 2.27 bits per heavy atom. The standard InChI is InChI=1S/C20H23F2N5O3/c1-24-18(12-19(28)25(2)20(24)29)27-7-5-26(6-8-27)4-3-9-30-14-10-16(21)15(13-23)17(22)11-14/h10-12H,3-9H2,1-2H3. The molecule has 0 unspecified atom stereocenters. The van der Waals surface area contributed by atoms with Gasteiger partial charge >= 0.3 is 5.69 Å². The van der Waals surface area contributed by atoms with Crippen molar-refractivity contribution in [3.63, 3.8) is 0 Å². The molecule has 0 spiro atoms. The predicted octanol–water partition coefficient (Wildman–Crippen LogP) is 0.825. The number of benzene rings is 1. The van der Waals surface area contributed by atoms with Gasteiger partial charge in [0.2, 0.25) is 0 Å². The lowest BCUT2D eigenvalue weighted by Crippen LogP contribution is -2.49. The second-order valence-corrected chi connectivity index (χ2v) is 7.15. The number of nitrogens with zero attached hydrogens (tertiary/aromatic N) is 5. The summed E-state index contributed by atoms with van der Waals surface area (Å²) in [5.41, 5.74) is -1.30. The van der Waals surface area contributed by atoms with Gasteiger partial charge in [0.05, 0.1) is 6.61 Å². The summed E-state index contributed by atoms with van der Waals surface area (Å²) >= 11 is 0. The minimum absolute atomic E-state index is 0.0559. The van der Waals surface area contributed by atoms with Gasteiger partial charge in [0.1, 0.15) is 34.8 Å². The van der Waals surface area contributed by atoms with Gasteiger partial charge in [-0.1, -0.05) is 0 Å². The maximum atomic E-state index is 13.6. The molecule has 160 valence electrons. The predicted molar refractivity (Wildman–Crippen MR) is 107 cm³/mol. The first-order valence-corrected chi connectivity index (χ1v) is 9.58. The zero-order chi connectivity index (χ0) is 21.8. The number of hydrogen-bond acceptors (Lipinski definition) is 6. The third kappa shape index (κ3) is 4.52. The number of piperazine rings is 1. The third-order valence-corrected chi connectivity index (χ3v) is 5.21. The molecule has 3 rings (SSSR count). The van der Waals surface area contributed by atoms with E-state index in [2.05, 4.69) is 4.90 Å². The molecule has 0 radical (unpaired) electrons. The fraction of sp³-hybridized carbons (Fsp3) is 0.450. The Hall–Kier alpha value is -3.19. The maximum absolute atomic E-state index is 13.6. The van der Waals surface area contributed by atoms with Crippen molar-refractivity contribution >= 4 is 5.82 Å². The number of rotatable bonds is 6. The number of ether oxygens (including phenoxy) is 1. The van der Waals surface area contributed by atoms with Crippen molar-refractivity contribution in [2.45, 2.75) is 6.42 Å². The summed E-state index contributed by atoms with van der Waals surface area (Å²) in [5.74, 6) is -1.21. The highest BCUT2D eigenvalue weighted by atomic mass is 19.1. The smallest absolute Gasteiger partial charge is 0.332 e. The monoisotopic (exact) mass is 419 g/mol. The van der Waals surface area contributed by atoms with Crippen molar-refractivity contribution in [2.75, 3.05) is 44.2 Å². The second-order valence-electron chi connectivity index (χ2n) is 7.15. The van der Waals surface area contributed by atoms with E-state index in [1.807, 2.05) is 4.90 Å². The van der Waals surface area contributed by atoms with Gasteiger partial charge in [0.25, 0.3) is 5.56 Å². The normalized spacial score (nSPS) is 14.6. The molecule has 1 saturated heterocycles. The van der Waals surface area contributed by atoms with E-state index in [-0.39, 0.29) is 23.6 Å². The van der Waals surface area contributed by atoms with Crippen LogP contribution in [0.15, 0.2) is 27.8 Å². The van der Waals surface area contributed by atoms with Crippen LogP contribution >= 0.6 is 0 Å². The Morgan fingerprint density at radius 2 is 1.67 bits per heavy atom. The van der Waals surface area contributed by atoms with Gasteiger partial charge in [-0.2, -0.15) is 5.26 Å². The highest BCUT2D eigenvalue weighted by molar-refractivity contribution is 5.39. The average molecular weight is 419 g/mol. The molecule has 0 bridgehead atoms. The van der Waals surface area contributed by atoms with Gasteiger partial charge in [0, 0.05) is 65.0 Å². The summed E-state index contributed by atoms with van der Waals surface area (Å²) in [5, 5.41) is 8.68. The van der Waals surface area contributed by atoms with Crippen molar-refractivity contribution in [2.24, 2.45) is 14.1 Å². The van der Waals surface area contributed by atoms with E-state index >= 15 is 0 Å². The van der Waals surface area contributed by atoms with Crippen LogP contribution in [0.3, 0.4) is 0 Å². The van der Waals surface area contributed by atoms with Crippen molar-refractivity contribution in [1.29, 1.82) is 5.26 Å². The first-order chi connectivity index (χ1) is 14.3. The van der Waals surface area contributed by atoms with E-state index in [4.69, 9.17) is 10.00 Å². The van der Waals surface area contributed by atoms with Crippen LogP contribution in [0, 0.1) is 23.0 Å².